The monoisotopic (exact) mass is 454 g/mol. The van der Waals surface area contributed by atoms with Gasteiger partial charge < -0.3 is 9.73 Å². The van der Waals surface area contributed by atoms with Gasteiger partial charge in [-0.3, -0.25) is 9.36 Å². The second-order valence-electron chi connectivity index (χ2n) is 7.56. The van der Waals surface area contributed by atoms with Crippen molar-refractivity contribution in [1.82, 2.24) is 20.1 Å². The Balaban J connectivity index is 1.28. The Morgan fingerprint density at radius 1 is 0.909 bits per heavy atom. The summed E-state index contributed by atoms with van der Waals surface area (Å²) in [4.78, 5) is 12.6. The molecule has 2 heterocycles. The first-order valence-electron chi connectivity index (χ1n) is 10.6. The smallest absolute Gasteiger partial charge is 0.230 e. The van der Waals surface area contributed by atoms with Gasteiger partial charge in [-0.15, -0.1) is 10.2 Å². The molecule has 0 aliphatic carbocycles. The van der Waals surface area contributed by atoms with Crippen LogP contribution < -0.4 is 5.32 Å². The van der Waals surface area contributed by atoms with E-state index in [1.54, 1.807) is 6.26 Å². The number of amides is 1. The second-order valence-corrected chi connectivity index (χ2v) is 8.50. The molecular weight excluding hydrogens is 432 g/mol. The summed E-state index contributed by atoms with van der Waals surface area (Å²) in [5.41, 5.74) is 2.21. The summed E-state index contributed by atoms with van der Waals surface area (Å²) in [5.74, 6) is 1.48. The molecule has 0 aliphatic heterocycles. The van der Waals surface area contributed by atoms with Crippen molar-refractivity contribution < 1.29 is 9.21 Å². The molecule has 2 aromatic heterocycles. The number of furan rings is 1. The molecule has 0 saturated carbocycles. The van der Waals surface area contributed by atoms with E-state index in [2.05, 4.69) is 45.8 Å². The lowest BCUT2D eigenvalue weighted by Crippen LogP contribution is -2.24. The summed E-state index contributed by atoms with van der Waals surface area (Å²) in [6.07, 6.45) is 1.62. The molecule has 5 aromatic rings. The maximum absolute atomic E-state index is 12.6. The number of carbonyl (C=O) groups is 1. The van der Waals surface area contributed by atoms with Crippen LogP contribution in [-0.4, -0.2) is 26.4 Å². The number of hydrogen-bond acceptors (Lipinski definition) is 5. The first kappa shape index (κ1) is 21.0. The van der Waals surface area contributed by atoms with Crippen LogP contribution in [0.5, 0.6) is 0 Å². The van der Waals surface area contributed by atoms with Crippen LogP contribution in [0.15, 0.2) is 101 Å². The second kappa shape index (κ2) is 9.75. The standard InChI is InChI=1S/C26H22N4O2S/c31-24(27-16-21-12-6-11-20-10-4-5-13-22(20)21)18-33-26-29-28-25(23-14-7-15-32-23)30(26)17-19-8-2-1-3-9-19/h1-15H,16-18H2,(H,27,31). The predicted octanol–water partition coefficient (Wildman–Crippen LogP) is 5.15. The van der Waals surface area contributed by atoms with Gasteiger partial charge in [-0.1, -0.05) is 84.6 Å². The summed E-state index contributed by atoms with van der Waals surface area (Å²) in [6, 6.07) is 28.1. The quantitative estimate of drug-likeness (QED) is 0.328. The van der Waals surface area contributed by atoms with E-state index in [0.717, 1.165) is 21.9 Å². The first-order chi connectivity index (χ1) is 16.3. The molecule has 7 heteroatoms. The molecule has 6 nitrogen and oxygen atoms in total. The van der Waals surface area contributed by atoms with Gasteiger partial charge in [0.1, 0.15) is 0 Å². The number of aromatic nitrogens is 3. The Bertz CT molecular complexity index is 1360. The van der Waals surface area contributed by atoms with Crippen LogP contribution in [0.1, 0.15) is 11.1 Å². The van der Waals surface area contributed by atoms with Gasteiger partial charge in [0.2, 0.25) is 11.7 Å². The Hall–Kier alpha value is -3.84. The molecule has 0 fully saturated rings. The lowest BCUT2D eigenvalue weighted by atomic mass is 10.0. The number of rotatable bonds is 8. The summed E-state index contributed by atoms with van der Waals surface area (Å²) in [5, 5.41) is 14.7. The van der Waals surface area contributed by atoms with Gasteiger partial charge >= 0.3 is 0 Å². The molecule has 164 valence electrons. The minimum atomic E-state index is -0.0539. The molecule has 1 amide bonds. The maximum atomic E-state index is 12.6. The van der Waals surface area contributed by atoms with Crippen molar-refractivity contribution >= 4 is 28.4 Å². The molecule has 3 aromatic carbocycles. The van der Waals surface area contributed by atoms with E-state index in [4.69, 9.17) is 4.42 Å². The van der Waals surface area contributed by atoms with Gasteiger partial charge in [-0.2, -0.15) is 0 Å². The van der Waals surface area contributed by atoms with E-state index in [9.17, 15) is 4.79 Å². The van der Waals surface area contributed by atoms with E-state index >= 15 is 0 Å². The zero-order chi connectivity index (χ0) is 22.5. The number of nitrogens with zero attached hydrogens (tertiary/aromatic N) is 3. The van der Waals surface area contributed by atoms with Crippen molar-refractivity contribution in [3.05, 3.63) is 102 Å². The Morgan fingerprint density at radius 2 is 1.73 bits per heavy atom. The minimum absolute atomic E-state index is 0.0539. The number of benzene rings is 3. The number of hydrogen-bond donors (Lipinski definition) is 1. The van der Waals surface area contributed by atoms with Crippen molar-refractivity contribution in [2.45, 2.75) is 18.2 Å². The average molecular weight is 455 g/mol. The van der Waals surface area contributed by atoms with Gasteiger partial charge in [-0.25, -0.2) is 0 Å². The lowest BCUT2D eigenvalue weighted by molar-refractivity contribution is -0.118. The van der Waals surface area contributed by atoms with Crippen molar-refractivity contribution in [2.24, 2.45) is 0 Å². The van der Waals surface area contributed by atoms with Crippen LogP contribution in [0.3, 0.4) is 0 Å². The third-order valence-electron chi connectivity index (χ3n) is 5.33. The summed E-state index contributed by atoms with van der Waals surface area (Å²) in [6.45, 7) is 1.07. The fourth-order valence-corrected chi connectivity index (χ4v) is 4.48. The SMILES string of the molecule is O=C(CSc1nnc(-c2ccco2)n1Cc1ccccc1)NCc1cccc2ccccc12. The van der Waals surface area contributed by atoms with Gasteiger partial charge in [-0.05, 0) is 34.0 Å². The van der Waals surface area contributed by atoms with E-state index in [1.165, 1.54) is 11.8 Å². The molecule has 0 saturated heterocycles. The normalized spacial score (nSPS) is 11.0. The maximum Gasteiger partial charge on any atom is 0.230 e. The zero-order valence-corrected chi connectivity index (χ0v) is 18.7. The third-order valence-corrected chi connectivity index (χ3v) is 6.30. The summed E-state index contributed by atoms with van der Waals surface area (Å²) >= 11 is 1.37. The summed E-state index contributed by atoms with van der Waals surface area (Å²) in [7, 11) is 0. The van der Waals surface area contributed by atoms with Crippen molar-refractivity contribution in [2.75, 3.05) is 5.75 Å². The van der Waals surface area contributed by atoms with Gasteiger partial charge in [0.25, 0.3) is 0 Å². The first-order valence-corrected chi connectivity index (χ1v) is 11.6. The highest BCUT2D eigenvalue weighted by Gasteiger charge is 2.18. The van der Waals surface area contributed by atoms with Crippen LogP contribution in [0.2, 0.25) is 0 Å². The average Bonchev–Trinajstić information content (AvgIpc) is 3.52. The predicted molar refractivity (Wildman–Crippen MR) is 130 cm³/mol. The van der Waals surface area contributed by atoms with Crippen molar-refractivity contribution in [1.29, 1.82) is 0 Å². The Kier molecular flexibility index (Phi) is 6.21. The molecule has 0 bridgehead atoms. The van der Waals surface area contributed by atoms with Gasteiger partial charge in [0, 0.05) is 6.54 Å². The topological polar surface area (TPSA) is 73.0 Å². The minimum Gasteiger partial charge on any atom is -0.461 e. The van der Waals surface area contributed by atoms with Crippen molar-refractivity contribution in [3.8, 4) is 11.6 Å². The number of thioether (sulfide) groups is 1. The van der Waals surface area contributed by atoms with E-state index in [-0.39, 0.29) is 11.7 Å². The van der Waals surface area contributed by atoms with Crippen molar-refractivity contribution in [3.63, 3.8) is 0 Å². The third kappa shape index (κ3) is 4.83. The number of nitrogens with one attached hydrogen (secondary N) is 1. The van der Waals surface area contributed by atoms with E-state index in [0.29, 0.717) is 29.8 Å². The fraction of sp³-hybridized carbons (Fsp3) is 0.115. The van der Waals surface area contributed by atoms with Crippen LogP contribution >= 0.6 is 11.8 Å². The molecule has 0 unspecified atom stereocenters. The largest absolute Gasteiger partial charge is 0.461 e. The fourth-order valence-electron chi connectivity index (χ4n) is 3.71. The van der Waals surface area contributed by atoms with E-state index in [1.807, 2.05) is 59.2 Å². The van der Waals surface area contributed by atoms with Crippen LogP contribution in [0, 0.1) is 0 Å². The molecule has 33 heavy (non-hydrogen) atoms. The van der Waals surface area contributed by atoms with Crippen LogP contribution in [0.25, 0.3) is 22.4 Å². The van der Waals surface area contributed by atoms with Crippen LogP contribution in [-0.2, 0) is 17.9 Å². The lowest BCUT2D eigenvalue weighted by Gasteiger charge is -2.10. The molecule has 0 radical (unpaired) electrons. The van der Waals surface area contributed by atoms with Crippen LogP contribution in [0.4, 0.5) is 0 Å². The molecular formula is C26H22N4O2S. The summed E-state index contributed by atoms with van der Waals surface area (Å²) < 4.78 is 7.53. The molecule has 5 rings (SSSR count). The van der Waals surface area contributed by atoms with E-state index < -0.39 is 0 Å². The highest BCUT2D eigenvalue weighted by molar-refractivity contribution is 7.99. The number of fused-ring (bicyclic) bond motifs is 1. The number of carbonyl (C=O) groups excluding carboxylic acids is 1. The molecule has 0 aliphatic rings. The van der Waals surface area contributed by atoms with Gasteiger partial charge in [0.15, 0.2) is 10.9 Å². The molecule has 1 N–H and O–H groups in total. The Morgan fingerprint density at radius 3 is 2.58 bits per heavy atom. The van der Waals surface area contributed by atoms with Gasteiger partial charge in [0.05, 0.1) is 18.6 Å². The molecule has 0 atom stereocenters. The Labute approximate surface area is 195 Å². The molecule has 0 spiro atoms. The highest BCUT2D eigenvalue weighted by Crippen LogP contribution is 2.25. The zero-order valence-electron chi connectivity index (χ0n) is 17.8. The highest BCUT2D eigenvalue weighted by atomic mass is 32.2.